The van der Waals surface area contributed by atoms with Crippen molar-refractivity contribution in [1.29, 1.82) is 5.41 Å². The molecule has 0 aromatic carbocycles. The zero-order chi connectivity index (χ0) is 17.0. The molecule has 2 aliphatic rings. The molecule has 0 aromatic heterocycles. The smallest absolute Gasteiger partial charge is 0.160 e. The van der Waals surface area contributed by atoms with Crippen LogP contribution in [0.3, 0.4) is 0 Å². The molecular formula is C16H28N4O2S. The van der Waals surface area contributed by atoms with E-state index in [1.807, 2.05) is 20.8 Å². The predicted molar refractivity (Wildman–Crippen MR) is 95.2 cm³/mol. The van der Waals surface area contributed by atoms with Gasteiger partial charge in [-0.3, -0.25) is 15.3 Å². The first-order valence-electron chi connectivity index (χ1n) is 8.22. The fourth-order valence-electron chi connectivity index (χ4n) is 3.04. The number of amidine groups is 1. The van der Waals surface area contributed by atoms with E-state index in [4.69, 9.17) is 15.9 Å². The molecule has 3 N–H and O–H groups in total. The number of rotatable bonds is 3. The Morgan fingerprint density at radius 2 is 2.17 bits per heavy atom. The lowest BCUT2D eigenvalue weighted by atomic mass is 9.99. The van der Waals surface area contributed by atoms with E-state index in [9.17, 15) is 4.79 Å². The first kappa shape index (κ1) is 18.4. The largest absolute Gasteiger partial charge is 0.379 e. The summed E-state index contributed by atoms with van der Waals surface area (Å²) in [7, 11) is 0. The number of hydrogen-bond acceptors (Lipinski definition) is 6. The third-order valence-electron chi connectivity index (χ3n) is 4.40. The predicted octanol–water partition coefficient (Wildman–Crippen LogP) is 1.88. The molecule has 0 bridgehead atoms. The summed E-state index contributed by atoms with van der Waals surface area (Å²) >= 11 is 1.22. The van der Waals surface area contributed by atoms with Crippen molar-refractivity contribution in [1.82, 2.24) is 4.90 Å². The molecule has 3 atom stereocenters. The average Bonchev–Trinajstić information content (AvgIpc) is 2.95. The molecule has 2 rings (SSSR count). The van der Waals surface area contributed by atoms with Gasteiger partial charge < -0.3 is 15.3 Å². The van der Waals surface area contributed by atoms with E-state index in [2.05, 4.69) is 9.89 Å². The van der Waals surface area contributed by atoms with Crippen LogP contribution in [0.5, 0.6) is 0 Å². The average molecular weight is 340 g/mol. The summed E-state index contributed by atoms with van der Waals surface area (Å²) in [5.41, 5.74) is 5.83. The Labute approximate surface area is 142 Å². The SMILES string of the molecule is CC(C)(C)C(=N)SC(N)=NC1COCCC1N1CCC[C@H]1C=O. The number of ether oxygens (including phenoxy) is 1. The Morgan fingerprint density at radius 3 is 2.83 bits per heavy atom. The van der Waals surface area contributed by atoms with Gasteiger partial charge in [-0.05, 0) is 37.6 Å². The summed E-state index contributed by atoms with van der Waals surface area (Å²) < 4.78 is 5.57. The molecule has 7 heteroatoms. The molecule has 0 spiro atoms. The van der Waals surface area contributed by atoms with E-state index < -0.39 is 0 Å². The van der Waals surface area contributed by atoms with Crippen LogP contribution in [0.25, 0.3) is 0 Å². The van der Waals surface area contributed by atoms with Gasteiger partial charge >= 0.3 is 0 Å². The van der Waals surface area contributed by atoms with Crippen LogP contribution in [0.2, 0.25) is 0 Å². The van der Waals surface area contributed by atoms with Crippen LogP contribution >= 0.6 is 11.8 Å². The number of nitrogens with zero attached hydrogens (tertiary/aromatic N) is 2. The van der Waals surface area contributed by atoms with Gasteiger partial charge in [-0.25, -0.2) is 0 Å². The number of nitrogens with one attached hydrogen (secondary N) is 1. The molecule has 0 amide bonds. The molecule has 23 heavy (non-hydrogen) atoms. The number of thioether (sulfide) groups is 1. The van der Waals surface area contributed by atoms with Crippen molar-refractivity contribution in [3.8, 4) is 0 Å². The monoisotopic (exact) mass is 340 g/mol. The maximum absolute atomic E-state index is 11.3. The number of aliphatic imine (C=N–C) groups is 1. The summed E-state index contributed by atoms with van der Waals surface area (Å²) in [6, 6.07) is 0.131. The van der Waals surface area contributed by atoms with Crippen molar-refractivity contribution in [3.05, 3.63) is 0 Å². The van der Waals surface area contributed by atoms with E-state index in [0.29, 0.717) is 23.4 Å². The minimum absolute atomic E-state index is 0.00227. The summed E-state index contributed by atoms with van der Waals surface area (Å²) in [6.45, 7) is 8.12. The maximum atomic E-state index is 11.3. The highest BCUT2D eigenvalue weighted by molar-refractivity contribution is 8.26. The molecular weight excluding hydrogens is 312 g/mol. The Bertz CT molecular complexity index is 475. The molecule has 2 saturated heterocycles. The van der Waals surface area contributed by atoms with Gasteiger partial charge in [0, 0.05) is 18.1 Å². The highest BCUT2D eigenvalue weighted by Crippen LogP contribution is 2.27. The van der Waals surface area contributed by atoms with E-state index in [1.165, 1.54) is 11.8 Å². The van der Waals surface area contributed by atoms with Crippen LogP contribution in [-0.4, -0.2) is 59.3 Å². The Kier molecular flexibility index (Phi) is 6.22. The van der Waals surface area contributed by atoms with E-state index >= 15 is 0 Å². The lowest BCUT2D eigenvalue weighted by Gasteiger charge is -2.37. The molecule has 0 radical (unpaired) electrons. The van der Waals surface area contributed by atoms with Crippen LogP contribution in [-0.2, 0) is 9.53 Å². The highest BCUT2D eigenvalue weighted by atomic mass is 32.2. The van der Waals surface area contributed by atoms with Gasteiger partial charge in [0.15, 0.2) is 5.17 Å². The van der Waals surface area contributed by atoms with Gasteiger partial charge in [-0.2, -0.15) is 0 Å². The van der Waals surface area contributed by atoms with Crippen molar-refractivity contribution >= 4 is 28.3 Å². The maximum Gasteiger partial charge on any atom is 0.160 e. The minimum Gasteiger partial charge on any atom is -0.379 e. The zero-order valence-electron chi connectivity index (χ0n) is 14.2. The molecule has 6 nitrogen and oxygen atoms in total. The second kappa shape index (κ2) is 7.77. The molecule has 2 aliphatic heterocycles. The van der Waals surface area contributed by atoms with Crippen molar-refractivity contribution in [2.45, 2.75) is 58.2 Å². The summed E-state index contributed by atoms with van der Waals surface area (Å²) in [4.78, 5) is 18.2. The van der Waals surface area contributed by atoms with Crippen LogP contribution in [0, 0.1) is 10.8 Å². The van der Waals surface area contributed by atoms with Crippen molar-refractivity contribution < 1.29 is 9.53 Å². The summed E-state index contributed by atoms with van der Waals surface area (Å²) in [5, 5.41) is 8.99. The van der Waals surface area contributed by atoms with E-state index in [1.54, 1.807) is 0 Å². The Morgan fingerprint density at radius 1 is 1.43 bits per heavy atom. The number of nitrogens with two attached hydrogens (primary N) is 1. The Hall–Kier alpha value is -0.920. The lowest BCUT2D eigenvalue weighted by molar-refractivity contribution is -0.113. The van der Waals surface area contributed by atoms with E-state index in [0.717, 1.165) is 32.1 Å². The van der Waals surface area contributed by atoms with Gasteiger partial charge in [-0.1, -0.05) is 20.8 Å². The van der Waals surface area contributed by atoms with Crippen molar-refractivity contribution in [2.24, 2.45) is 16.1 Å². The second-order valence-electron chi connectivity index (χ2n) is 7.23. The highest BCUT2D eigenvalue weighted by Gasteiger charge is 2.37. The molecule has 0 aliphatic carbocycles. The molecule has 0 saturated carbocycles. The summed E-state index contributed by atoms with van der Waals surface area (Å²) in [5.74, 6) is 0. The molecule has 130 valence electrons. The zero-order valence-corrected chi connectivity index (χ0v) is 15.1. The number of carbonyl (C=O) groups is 1. The van der Waals surface area contributed by atoms with Gasteiger partial charge in [0.1, 0.15) is 6.29 Å². The quantitative estimate of drug-likeness (QED) is 0.465. The first-order valence-corrected chi connectivity index (χ1v) is 9.03. The third kappa shape index (κ3) is 4.78. The van der Waals surface area contributed by atoms with Gasteiger partial charge in [-0.15, -0.1) is 0 Å². The van der Waals surface area contributed by atoms with Crippen LogP contribution < -0.4 is 5.73 Å². The number of carbonyl (C=O) groups excluding carboxylic acids is 1. The lowest BCUT2D eigenvalue weighted by Crippen LogP contribution is -2.51. The van der Waals surface area contributed by atoms with Gasteiger partial charge in [0.2, 0.25) is 0 Å². The van der Waals surface area contributed by atoms with Crippen LogP contribution in [0.1, 0.15) is 40.0 Å². The minimum atomic E-state index is -0.231. The summed E-state index contributed by atoms with van der Waals surface area (Å²) in [6.07, 6.45) is 3.90. The molecule has 2 unspecified atom stereocenters. The fraction of sp³-hybridized carbons (Fsp3) is 0.812. The van der Waals surface area contributed by atoms with E-state index in [-0.39, 0.29) is 23.5 Å². The van der Waals surface area contributed by atoms with Crippen molar-refractivity contribution in [2.75, 3.05) is 19.8 Å². The first-order chi connectivity index (χ1) is 10.8. The van der Waals surface area contributed by atoms with Gasteiger partial charge in [0.25, 0.3) is 0 Å². The van der Waals surface area contributed by atoms with Crippen LogP contribution in [0.4, 0.5) is 0 Å². The third-order valence-corrected chi connectivity index (χ3v) is 5.53. The number of likely N-dealkylation sites (tertiary alicyclic amines) is 1. The molecule has 2 heterocycles. The number of aldehydes is 1. The van der Waals surface area contributed by atoms with Crippen molar-refractivity contribution in [3.63, 3.8) is 0 Å². The second-order valence-corrected chi connectivity index (χ2v) is 8.26. The fourth-order valence-corrected chi connectivity index (χ4v) is 3.75. The number of hydrogen-bond donors (Lipinski definition) is 2. The molecule has 2 fully saturated rings. The Balaban J connectivity index is 2.07. The van der Waals surface area contributed by atoms with Gasteiger partial charge in [0.05, 0.1) is 23.7 Å². The topological polar surface area (TPSA) is 91.8 Å². The molecule has 0 aromatic rings. The van der Waals surface area contributed by atoms with Crippen LogP contribution in [0.15, 0.2) is 4.99 Å². The standard InChI is InChI=1S/C16H28N4O2S/c1-16(2,3)14(17)23-15(18)19-12-10-22-8-6-13(12)20-7-4-5-11(20)9-21/h9,11-13,17H,4-8,10H2,1-3H3,(H2,18,19)/t11-,12?,13?/m0/s1. The normalized spacial score (nSPS) is 30.4.